The van der Waals surface area contributed by atoms with E-state index in [0.29, 0.717) is 0 Å². The van der Waals surface area contributed by atoms with Crippen molar-refractivity contribution in [3.63, 3.8) is 0 Å². The highest BCUT2D eigenvalue weighted by atomic mass is 19.1. The van der Waals surface area contributed by atoms with Crippen LogP contribution in [-0.4, -0.2) is 12.1 Å². The van der Waals surface area contributed by atoms with Gasteiger partial charge in [0.15, 0.2) is 6.10 Å². The minimum Gasteiger partial charge on any atom is -0.444 e. The first-order valence-corrected chi connectivity index (χ1v) is 6.92. The summed E-state index contributed by atoms with van der Waals surface area (Å²) in [5.74, 6) is 1.43. The van der Waals surface area contributed by atoms with Gasteiger partial charge in [0.1, 0.15) is 0 Å². The standard InChI is InChI=1S/C17H23FO2/c1-7-9-11(3)14(8-2)20-16(19)15-13(10-12(4)18)17(15,5)6/h2,9-10,13-15H,7H2,1,3-6H3. The van der Waals surface area contributed by atoms with E-state index in [1.54, 1.807) is 0 Å². The van der Waals surface area contributed by atoms with E-state index in [1.165, 1.54) is 13.0 Å². The van der Waals surface area contributed by atoms with Gasteiger partial charge in [0.25, 0.3) is 0 Å². The molecule has 3 unspecified atom stereocenters. The van der Waals surface area contributed by atoms with E-state index >= 15 is 0 Å². The van der Waals surface area contributed by atoms with Crippen LogP contribution in [0.3, 0.4) is 0 Å². The van der Waals surface area contributed by atoms with E-state index in [9.17, 15) is 9.18 Å². The summed E-state index contributed by atoms with van der Waals surface area (Å²) in [4.78, 5) is 12.2. The molecule has 3 atom stereocenters. The lowest BCUT2D eigenvalue weighted by Gasteiger charge is -2.13. The number of hydrogen-bond acceptors (Lipinski definition) is 2. The molecular formula is C17H23FO2. The molecule has 1 aliphatic carbocycles. The maximum Gasteiger partial charge on any atom is 0.311 e. The first-order chi connectivity index (χ1) is 9.25. The van der Waals surface area contributed by atoms with Crippen LogP contribution >= 0.6 is 0 Å². The molecule has 0 N–H and O–H groups in total. The number of rotatable bonds is 5. The van der Waals surface area contributed by atoms with Gasteiger partial charge < -0.3 is 4.74 Å². The highest BCUT2D eigenvalue weighted by Gasteiger charge is 2.61. The number of esters is 1. The number of carbonyl (C=O) groups is 1. The van der Waals surface area contributed by atoms with Crippen molar-refractivity contribution in [2.45, 2.75) is 47.1 Å². The molecule has 3 heteroatoms. The van der Waals surface area contributed by atoms with Crippen LogP contribution in [-0.2, 0) is 9.53 Å². The summed E-state index contributed by atoms with van der Waals surface area (Å²) in [6.45, 7) is 9.09. The molecule has 0 aromatic heterocycles. The van der Waals surface area contributed by atoms with Gasteiger partial charge in [-0.25, -0.2) is 4.39 Å². The first-order valence-electron chi connectivity index (χ1n) is 6.92. The average molecular weight is 278 g/mol. The van der Waals surface area contributed by atoms with Gasteiger partial charge in [0.05, 0.1) is 11.7 Å². The third-order valence-corrected chi connectivity index (χ3v) is 3.90. The van der Waals surface area contributed by atoms with Gasteiger partial charge in [-0.05, 0) is 43.3 Å². The van der Waals surface area contributed by atoms with Crippen molar-refractivity contribution in [3.05, 3.63) is 23.6 Å². The van der Waals surface area contributed by atoms with Gasteiger partial charge in [-0.3, -0.25) is 4.79 Å². The van der Waals surface area contributed by atoms with Crippen molar-refractivity contribution in [1.29, 1.82) is 0 Å². The van der Waals surface area contributed by atoms with Gasteiger partial charge in [0.2, 0.25) is 0 Å². The zero-order valence-corrected chi connectivity index (χ0v) is 12.9. The second-order valence-electron chi connectivity index (χ2n) is 5.92. The molecule has 0 aromatic carbocycles. The van der Waals surface area contributed by atoms with Gasteiger partial charge in [-0.15, -0.1) is 6.42 Å². The molecule has 1 fully saturated rings. The molecular weight excluding hydrogens is 255 g/mol. The van der Waals surface area contributed by atoms with Gasteiger partial charge in [-0.1, -0.05) is 32.8 Å². The SMILES string of the molecule is C#CC(OC(=O)C1C(C=C(C)F)C1(C)C)C(C)=CCC. The Bertz CT molecular complexity index is 476. The predicted octanol–water partition coefficient (Wildman–Crippen LogP) is 4.03. The zero-order chi connectivity index (χ0) is 15.5. The summed E-state index contributed by atoms with van der Waals surface area (Å²) in [6.07, 6.45) is 9.06. The minimum atomic E-state index is -0.630. The predicted molar refractivity (Wildman–Crippen MR) is 78.4 cm³/mol. The zero-order valence-electron chi connectivity index (χ0n) is 12.9. The molecule has 0 bridgehead atoms. The second kappa shape index (κ2) is 6.26. The first kappa shape index (κ1) is 16.5. The Kier molecular flexibility index (Phi) is 5.16. The van der Waals surface area contributed by atoms with Crippen LogP contribution in [0, 0.1) is 29.6 Å². The third kappa shape index (κ3) is 3.50. The fraction of sp³-hybridized carbons (Fsp3) is 0.588. The van der Waals surface area contributed by atoms with Crippen LogP contribution < -0.4 is 0 Å². The molecule has 0 aromatic rings. The summed E-state index contributed by atoms with van der Waals surface area (Å²) < 4.78 is 18.4. The number of ether oxygens (including phenoxy) is 1. The Morgan fingerprint density at radius 3 is 2.55 bits per heavy atom. The van der Waals surface area contributed by atoms with Crippen LogP contribution in [0.25, 0.3) is 0 Å². The van der Waals surface area contributed by atoms with E-state index < -0.39 is 6.10 Å². The molecule has 20 heavy (non-hydrogen) atoms. The fourth-order valence-electron chi connectivity index (χ4n) is 2.56. The smallest absolute Gasteiger partial charge is 0.311 e. The summed E-state index contributed by atoms with van der Waals surface area (Å²) in [5, 5.41) is 0. The third-order valence-electron chi connectivity index (χ3n) is 3.90. The van der Waals surface area contributed by atoms with Crippen molar-refractivity contribution in [2.75, 3.05) is 0 Å². The average Bonchev–Trinajstić information content (AvgIpc) is 2.86. The van der Waals surface area contributed by atoms with Crippen LogP contribution in [0.4, 0.5) is 4.39 Å². The van der Waals surface area contributed by atoms with Crippen molar-refractivity contribution >= 4 is 5.97 Å². The largest absolute Gasteiger partial charge is 0.444 e. The van der Waals surface area contributed by atoms with Crippen molar-refractivity contribution in [1.82, 2.24) is 0 Å². The maximum absolute atomic E-state index is 13.0. The van der Waals surface area contributed by atoms with E-state index in [4.69, 9.17) is 11.2 Å². The number of hydrogen-bond donors (Lipinski definition) is 0. The summed E-state index contributed by atoms with van der Waals surface area (Å²) in [6, 6.07) is 0. The van der Waals surface area contributed by atoms with Crippen molar-refractivity contribution < 1.29 is 13.9 Å². The lowest BCUT2D eigenvalue weighted by Crippen LogP contribution is -2.20. The summed E-state index contributed by atoms with van der Waals surface area (Å²) in [5.41, 5.74) is 0.585. The maximum atomic E-state index is 13.0. The molecule has 0 radical (unpaired) electrons. The number of terminal acetylenes is 1. The van der Waals surface area contributed by atoms with Crippen LogP contribution in [0.2, 0.25) is 0 Å². The number of carbonyl (C=O) groups excluding carboxylic acids is 1. The highest BCUT2D eigenvalue weighted by molar-refractivity contribution is 5.79. The van der Waals surface area contributed by atoms with Gasteiger partial charge in [-0.2, -0.15) is 0 Å². The van der Waals surface area contributed by atoms with Crippen LogP contribution in [0.15, 0.2) is 23.6 Å². The van der Waals surface area contributed by atoms with E-state index in [0.717, 1.165) is 12.0 Å². The lowest BCUT2D eigenvalue weighted by atomic mass is 10.1. The van der Waals surface area contributed by atoms with E-state index in [-0.39, 0.29) is 29.0 Å². The van der Waals surface area contributed by atoms with Crippen LogP contribution in [0.5, 0.6) is 0 Å². The Hall–Kier alpha value is -1.56. The Morgan fingerprint density at radius 1 is 1.50 bits per heavy atom. The fourth-order valence-corrected chi connectivity index (χ4v) is 2.56. The lowest BCUT2D eigenvalue weighted by molar-refractivity contribution is -0.147. The topological polar surface area (TPSA) is 26.3 Å². The molecule has 1 aliphatic rings. The molecule has 0 heterocycles. The molecule has 0 amide bonds. The molecule has 2 nitrogen and oxygen atoms in total. The quantitative estimate of drug-likeness (QED) is 0.431. The van der Waals surface area contributed by atoms with Crippen molar-refractivity contribution in [3.8, 4) is 12.3 Å². The molecule has 1 rings (SSSR count). The van der Waals surface area contributed by atoms with Crippen molar-refractivity contribution in [2.24, 2.45) is 17.3 Å². The summed E-state index contributed by atoms with van der Waals surface area (Å²) >= 11 is 0. The number of halogens is 1. The molecule has 0 aliphatic heterocycles. The van der Waals surface area contributed by atoms with E-state index in [1.807, 2.05) is 33.8 Å². The second-order valence-corrected chi connectivity index (χ2v) is 5.92. The molecule has 110 valence electrons. The summed E-state index contributed by atoms with van der Waals surface area (Å²) in [7, 11) is 0. The molecule has 1 saturated carbocycles. The number of allylic oxidation sites excluding steroid dienone is 3. The van der Waals surface area contributed by atoms with Gasteiger partial charge in [0, 0.05) is 0 Å². The van der Waals surface area contributed by atoms with Gasteiger partial charge >= 0.3 is 5.97 Å². The molecule has 0 saturated heterocycles. The Labute approximate surface area is 121 Å². The minimum absolute atomic E-state index is 0.117. The normalized spacial score (nSPS) is 26.6. The Morgan fingerprint density at radius 2 is 2.10 bits per heavy atom. The monoisotopic (exact) mass is 278 g/mol. The molecule has 0 spiro atoms. The van der Waals surface area contributed by atoms with E-state index in [2.05, 4.69) is 5.92 Å². The highest BCUT2D eigenvalue weighted by Crippen LogP contribution is 2.60. The van der Waals surface area contributed by atoms with Crippen LogP contribution in [0.1, 0.15) is 41.0 Å². The Balaban J connectivity index is 2.76.